The highest BCUT2D eigenvalue weighted by atomic mass is 127. The molecular weight excluding hydrogens is 514 g/mol. The van der Waals surface area contributed by atoms with E-state index in [4.69, 9.17) is 9.26 Å². The number of guanidine groups is 1. The summed E-state index contributed by atoms with van der Waals surface area (Å²) in [5.41, 5.74) is 0.861. The van der Waals surface area contributed by atoms with Crippen LogP contribution in [0.4, 0.5) is 4.39 Å². The Balaban J connectivity index is 0.00000341. The fourth-order valence-electron chi connectivity index (χ4n) is 3.24. The molecule has 3 rings (SSSR count). The molecule has 1 aliphatic rings. The Hall–Kier alpha value is -1.79. The number of halogens is 2. The predicted molar refractivity (Wildman–Crippen MR) is 128 cm³/mol. The second kappa shape index (κ2) is 11.7. The van der Waals surface area contributed by atoms with Crippen molar-refractivity contribution in [3.63, 3.8) is 0 Å². The molecule has 0 aliphatic carbocycles. The Labute approximate surface area is 200 Å². The van der Waals surface area contributed by atoms with Crippen LogP contribution in [-0.4, -0.2) is 60.9 Å². The molecule has 2 N–H and O–H groups in total. The summed E-state index contributed by atoms with van der Waals surface area (Å²) in [6, 6.07) is 6.74. The quantitative estimate of drug-likeness (QED) is 0.328. The Morgan fingerprint density at radius 3 is 2.45 bits per heavy atom. The van der Waals surface area contributed by atoms with Crippen LogP contribution in [-0.2, 0) is 16.7 Å². The van der Waals surface area contributed by atoms with E-state index in [0.717, 1.165) is 18.7 Å². The Kier molecular flexibility index (Phi) is 9.63. The van der Waals surface area contributed by atoms with Crippen molar-refractivity contribution in [3.8, 4) is 0 Å². The van der Waals surface area contributed by atoms with Crippen LogP contribution in [0.25, 0.3) is 0 Å². The molecule has 1 atom stereocenters. The highest BCUT2D eigenvalue weighted by Gasteiger charge is 2.24. The molecule has 0 spiro atoms. The maximum atomic E-state index is 13.4. The summed E-state index contributed by atoms with van der Waals surface area (Å²) in [6.45, 7) is 10.1. The van der Waals surface area contributed by atoms with E-state index in [1.165, 1.54) is 12.1 Å². The van der Waals surface area contributed by atoms with Crippen molar-refractivity contribution >= 4 is 29.9 Å². The molecular formula is C21H32FIN6O2. The molecule has 0 radical (unpaired) electrons. The second-order valence-corrected chi connectivity index (χ2v) is 8.29. The summed E-state index contributed by atoms with van der Waals surface area (Å²) in [5, 5.41) is 10.6. The van der Waals surface area contributed by atoms with Crippen LogP contribution in [0.1, 0.15) is 44.1 Å². The van der Waals surface area contributed by atoms with E-state index < -0.39 is 0 Å². The highest BCUT2D eigenvalue weighted by Crippen LogP contribution is 2.22. The molecule has 31 heavy (non-hydrogen) atoms. The minimum atomic E-state index is -0.236. The third kappa shape index (κ3) is 7.39. The number of aliphatic imine (C=N–C) groups is 1. The fraction of sp³-hybridized carbons (Fsp3) is 0.571. The van der Waals surface area contributed by atoms with Gasteiger partial charge in [-0.2, -0.15) is 4.98 Å². The van der Waals surface area contributed by atoms with Crippen molar-refractivity contribution in [2.45, 2.75) is 38.8 Å². The molecule has 1 unspecified atom stereocenters. The number of aromatic nitrogens is 2. The minimum Gasteiger partial charge on any atom is -0.379 e. The summed E-state index contributed by atoms with van der Waals surface area (Å²) < 4.78 is 24.2. The van der Waals surface area contributed by atoms with E-state index in [2.05, 4.69) is 30.7 Å². The molecule has 172 valence electrons. The zero-order chi connectivity index (χ0) is 21.6. The Bertz CT molecular complexity index is 831. The van der Waals surface area contributed by atoms with Gasteiger partial charge < -0.3 is 19.9 Å². The molecule has 1 saturated heterocycles. The molecule has 0 amide bonds. The molecule has 8 nitrogen and oxygen atoms in total. The van der Waals surface area contributed by atoms with Crippen molar-refractivity contribution in [3.05, 3.63) is 47.4 Å². The van der Waals surface area contributed by atoms with Crippen molar-refractivity contribution in [2.75, 3.05) is 39.9 Å². The van der Waals surface area contributed by atoms with E-state index in [9.17, 15) is 4.39 Å². The van der Waals surface area contributed by atoms with Crippen LogP contribution in [0.15, 0.2) is 33.8 Å². The monoisotopic (exact) mass is 546 g/mol. The van der Waals surface area contributed by atoms with Crippen molar-refractivity contribution in [1.29, 1.82) is 0 Å². The van der Waals surface area contributed by atoms with Gasteiger partial charge in [0.15, 0.2) is 11.8 Å². The standard InChI is InChI=1S/C21H31FN6O2.HI/c1-21(2,3)19-26-18(27-30-19)14-25-20(23-4)24-13-17(28-9-11-29-12-10-28)15-5-7-16(22)8-6-15;/h5-8,17H,9-14H2,1-4H3,(H2,23,24,25);1H. The Morgan fingerprint density at radius 1 is 1.19 bits per heavy atom. The van der Waals surface area contributed by atoms with Crippen molar-refractivity contribution in [1.82, 2.24) is 25.7 Å². The first-order valence-electron chi connectivity index (χ1n) is 10.2. The average Bonchev–Trinajstić information content (AvgIpc) is 3.22. The molecule has 2 aromatic rings. The third-order valence-electron chi connectivity index (χ3n) is 4.95. The fourth-order valence-corrected chi connectivity index (χ4v) is 3.24. The van der Waals surface area contributed by atoms with E-state index >= 15 is 0 Å². The van der Waals surface area contributed by atoms with Gasteiger partial charge in [0, 0.05) is 32.1 Å². The molecule has 2 heterocycles. The van der Waals surface area contributed by atoms with Crippen LogP contribution < -0.4 is 10.6 Å². The van der Waals surface area contributed by atoms with E-state index in [-0.39, 0.29) is 41.3 Å². The first-order valence-corrected chi connectivity index (χ1v) is 10.2. The number of ether oxygens (including phenoxy) is 1. The predicted octanol–water partition coefficient (Wildman–Crippen LogP) is 2.86. The van der Waals surface area contributed by atoms with Crippen molar-refractivity contribution < 1.29 is 13.7 Å². The van der Waals surface area contributed by atoms with Gasteiger partial charge in [0.05, 0.1) is 25.8 Å². The summed E-state index contributed by atoms with van der Waals surface area (Å²) in [5.74, 6) is 1.58. The lowest BCUT2D eigenvalue weighted by Gasteiger charge is -2.35. The minimum absolute atomic E-state index is 0. The van der Waals surface area contributed by atoms with Crippen LogP contribution in [0, 0.1) is 5.82 Å². The SMILES string of the molecule is CN=C(NCc1noc(C(C)(C)C)n1)NCC(c1ccc(F)cc1)N1CCOCC1.I. The summed E-state index contributed by atoms with van der Waals surface area (Å²) in [6.07, 6.45) is 0. The maximum Gasteiger partial charge on any atom is 0.232 e. The molecule has 1 aromatic carbocycles. The number of hydrogen-bond donors (Lipinski definition) is 2. The number of hydrogen-bond acceptors (Lipinski definition) is 6. The maximum absolute atomic E-state index is 13.4. The molecule has 1 aliphatic heterocycles. The van der Waals surface area contributed by atoms with Crippen LogP contribution >= 0.6 is 24.0 Å². The molecule has 10 heteroatoms. The van der Waals surface area contributed by atoms with E-state index in [0.29, 0.717) is 44.0 Å². The molecule has 0 saturated carbocycles. The average molecular weight is 546 g/mol. The lowest BCUT2D eigenvalue weighted by molar-refractivity contribution is 0.0170. The lowest BCUT2D eigenvalue weighted by Crippen LogP contribution is -2.46. The largest absolute Gasteiger partial charge is 0.379 e. The van der Waals surface area contributed by atoms with Gasteiger partial charge in [-0.25, -0.2) is 4.39 Å². The molecule has 1 aromatic heterocycles. The molecule has 0 bridgehead atoms. The Morgan fingerprint density at radius 2 is 1.87 bits per heavy atom. The van der Waals surface area contributed by atoms with Crippen LogP contribution in [0.3, 0.4) is 0 Å². The number of rotatable bonds is 6. The van der Waals surface area contributed by atoms with Gasteiger partial charge in [0.25, 0.3) is 0 Å². The third-order valence-corrected chi connectivity index (χ3v) is 4.95. The summed E-state index contributed by atoms with van der Waals surface area (Å²) in [7, 11) is 1.72. The van der Waals surface area contributed by atoms with Gasteiger partial charge in [-0.1, -0.05) is 38.1 Å². The van der Waals surface area contributed by atoms with Gasteiger partial charge in [0.2, 0.25) is 5.89 Å². The van der Waals surface area contributed by atoms with Crippen LogP contribution in [0.2, 0.25) is 0 Å². The topological polar surface area (TPSA) is 87.8 Å². The van der Waals surface area contributed by atoms with E-state index in [1.54, 1.807) is 7.05 Å². The van der Waals surface area contributed by atoms with Gasteiger partial charge >= 0.3 is 0 Å². The van der Waals surface area contributed by atoms with Gasteiger partial charge in [0.1, 0.15) is 5.82 Å². The van der Waals surface area contributed by atoms with Gasteiger partial charge in [-0.15, -0.1) is 24.0 Å². The smallest absolute Gasteiger partial charge is 0.232 e. The first kappa shape index (κ1) is 25.5. The van der Waals surface area contributed by atoms with Crippen LogP contribution in [0.5, 0.6) is 0 Å². The number of benzene rings is 1. The number of nitrogens with one attached hydrogen (secondary N) is 2. The van der Waals surface area contributed by atoms with Gasteiger partial charge in [-0.3, -0.25) is 9.89 Å². The highest BCUT2D eigenvalue weighted by molar-refractivity contribution is 14.0. The first-order chi connectivity index (χ1) is 14.4. The second-order valence-electron chi connectivity index (χ2n) is 8.29. The summed E-state index contributed by atoms with van der Waals surface area (Å²) >= 11 is 0. The lowest BCUT2D eigenvalue weighted by atomic mass is 9.97. The molecule has 1 fully saturated rings. The summed E-state index contributed by atoms with van der Waals surface area (Å²) in [4.78, 5) is 11.1. The zero-order valence-electron chi connectivity index (χ0n) is 18.5. The van der Waals surface area contributed by atoms with Gasteiger partial charge in [-0.05, 0) is 17.7 Å². The number of morpholine rings is 1. The normalized spacial score (nSPS) is 16.5. The number of nitrogens with zero attached hydrogens (tertiary/aromatic N) is 4. The van der Waals surface area contributed by atoms with E-state index in [1.807, 2.05) is 32.9 Å². The van der Waals surface area contributed by atoms with Crippen molar-refractivity contribution in [2.24, 2.45) is 4.99 Å². The zero-order valence-corrected chi connectivity index (χ0v) is 20.9.